The SMILES string of the molecule is COc1cc(/C=N/n2c(C(C)C)n[nH]c2=S)ccc1OCc1ccc(C(C)(C)C)cc1. The van der Waals surface area contributed by atoms with Crippen LogP contribution in [0.2, 0.25) is 0 Å². The van der Waals surface area contributed by atoms with Gasteiger partial charge in [0, 0.05) is 5.92 Å². The molecule has 0 bridgehead atoms. The van der Waals surface area contributed by atoms with Gasteiger partial charge < -0.3 is 9.47 Å². The summed E-state index contributed by atoms with van der Waals surface area (Å²) in [5.41, 5.74) is 3.42. The van der Waals surface area contributed by atoms with Crippen LogP contribution in [0.1, 0.15) is 63.1 Å². The maximum Gasteiger partial charge on any atom is 0.216 e. The fourth-order valence-electron chi connectivity index (χ4n) is 3.06. The number of H-pyrrole nitrogens is 1. The summed E-state index contributed by atoms with van der Waals surface area (Å²) in [6, 6.07) is 14.2. The van der Waals surface area contributed by atoms with Crippen LogP contribution in [0, 0.1) is 4.77 Å². The number of nitrogens with one attached hydrogen (secondary N) is 1. The second kappa shape index (κ2) is 9.47. The van der Waals surface area contributed by atoms with Gasteiger partial charge in [0.1, 0.15) is 6.61 Å². The number of nitrogens with zero attached hydrogens (tertiary/aromatic N) is 3. The minimum absolute atomic E-state index is 0.136. The highest BCUT2D eigenvalue weighted by atomic mass is 32.1. The highest BCUT2D eigenvalue weighted by Gasteiger charge is 2.13. The van der Waals surface area contributed by atoms with Gasteiger partial charge in [-0.05, 0) is 52.5 Å². The van der Waals surface area contributed by atoms with E-state index in [0.29, 0.717) is 22.9 Å². The topological polar surface area (TPSA) is 64.4 Å². The summed E-state index contributed by atoms with van der Waals surface area (Å²) in [4.78, 5) is 0. The van der Waals surface area contributed by atoms with Gasteiger partial charge in [0.2, 0.25) is 4.77 Å². The molecule has 0 atom stereocenters. The zero-order valence-electron chi connectivity index (χ0n) is 19.0. The predicted octanol–water partition coefficient (Wildman–Crippen LogP) is 5.83. The molecule has 0 amide bonds. The Labute approximate surface area is 188 Å². The van der Waals surface area contributed by atoms with Gasteiger partial charge in [0.05, 0.1) is 13.3 Å². The van der Waals surface area contributed by atoms with Crippen molar-refractivity contribution in [2.75, 3.05) is 7.11 Å². The molecule has 2 aromatic carbocycles. The Hall–Kier alpha value is -2.93. The van der Waals surface area contributed by atoms with Crippen LogP contribution >= 0.6 is 12.2 Å². The predicted molar refractivity (Wildman–Crippen MR) is 127 cm³/mol. The molecule has 0 radical (unpaired) electrons. The first-order chi connectivity index (χ1) is 14.7. The Morgan fingerprint density at radius 1 is 1.13 bits per heavy atom. The number of hydrogen-bond acceptors (Lipinski definition) is 5. The van der Waals surface area contributed by atoms with Crippen molar-refractivity contribution in [2.24, 2.45) is 5.10 Å². The van der Waals surface area contributed by atoms with Crippen LogP contribution in [0.4, 0.5) is 0 Å². The number of hydrogen-bond donors (Lipinski definition) is 1. The zero-order chi connectivity index (χ0) is 22.6. The van der Waals surface area contributed by atoms with Crippen LogP contribution < -0.4 is 9.47 Å². The second-order valence-corrected chi connectivity index (χ2v) is 9.13. The lowest BCUT2D eigenvalue weighted by Gasteiger charge is -2.19. The minimum Gasteiger partial charge on any atom is -0.493 e. The molecule has 1 N–H and O–H groups in total. The lowest BCUT2D eigenvalue weighted by molar-refractivity contribution is 0.284. The molecule has 6 nitrogen and oxygen atoms in total. The average molecular weight is 439 g/mol. The summed E-state index contributed by atoms with van der Waals surface area (Å²) < 4.78 is 13.6. The summed E-state index contributed by atoms with van der Waals surface area (Å²) in [7, 11) is 1.63. The molecule has 1 aromatic heterocycles. The molecule has 3 aromatic rings. The van der Waals surface area contributed by atoms with Crippen LogP contribution in [0.15, 0.2) is 47.6 Å². The quantitative estimate of drug-likeness (QED) is 0.372. The molecule has 0 saturated heterocycles. The molecule has 0 aliphatic carbocycles. The van der Waals surface area contributed by atoms with Crippen LogP contribution in [0.5, 0.6) is 11.5 Å². The van der Waals surface area contributed by atoms with E-state index in [9.17, 15) is 0 Å². The molecule has 0 saturated carbocycles. The van der Waals surface area contributed by atoms with Crippen molar-refractivity contribution in [1.82, 2.24) is 14.9 Å². The van der Waals surface area contributed by atoms with E-state index in [1.165, 1.54) is 5.56 Å². The first-order valence-corrected chi connectivity index (χ1v) is 10.7. The Bertz CT molecular complexity index is 1110. The first-order valence-electron chi connectivity index (χ1n) is 10.3. The fourth-order valence-corrected chi connectivity index (χ4v) is 3.25. The van der Waals surface area contributed by atoms with Gasteiger partial charge in [-0.1, -0.05) is 58.9 Å². The summed E-state index contributed by atoms with van der Waals surface area (Å²) >= 11 is 5.27. The molecule has 0 aliphatic rings. The molecular formula is C24H30N4O2S. The van der Waals surface area contributed by atoms with Gasteiger partial charge >= 0.3 is 0 Å². The maximum atomic E-state index is 6.01. The third-order valence-corrected chi connectivity index (χ3v) is 5.18. The van der Waals surface area contributed by atoms with Crippen molar-refractivity contribution in [3.05, 3.63) is 69.8 Å². The van der Waals surface area contributed by atoms with Gasteiger partial charge in [-0.15, -0.1) is 0 Å². The average Bonchev–Trinajstić information content (AvgIpc) is 3.11. The summed E-state index contributed by atoms with van der Waals surface area (Å²) in [6.45, 7) is 11.2. The molecule has 164 valence electrons. The Kier molecular flexibility index (Phi) is 6.95. The lowest BCUT2D eigenvalue weighted by Crippen LogP contribution is -2.10. The highest BCUT2D eigenvalue weighted by Crippen LogP contribution is 2.29. The Morgan fingerprint density at radius 2 is 1.84 bits per heavy atom. The monoisotopic (exact) mass is 438 g/mol. The second-order valence-electron chi connectivity index (χ2n) is 8.74. The van der Waals surface area contributed by atoms with E-state index in [2.05, 4.69) is 60.3 Å². The number of aromatic amines is 1. The molecule has 0 unspecified atom stereocenters. The number of ether oxygens (including phenoxy) is 2. The molecule has 0 spiro atoms. The zero-order valence-corrected chi connectivity index (χ0v) is 19.8. The molecule has 1 heterocycles. The summed E-state index contributed by atoms with van der Waals surface area (Å²) in [5, 5.41) is 11.5. The van der Waals surface area contributed by atoms with Gasteiger partial charge in [0.25, 0.3) is 0 Å². The largest absolute Gasteiger partial charge is 0.493 e. The first kappa shape index (κ1) is 22.7. The maximum absolute atomic E-state index is 6.01. The third-order valence-electron chi connectivity index (χ3n) is 4.92. The van der Waals surface area contributed by atoms with E-state index in [0.717, 1.165) is 17.0 Å². The highest BCUT2D eigenvalue weighted by molar-refractivity contribution is 7.71. The Morgan fingerprint density at radius 3 is 2.45 bits per heavy atom. The molecule has 0 fully saturated rings. The van der Waals surface area contributed by atoms with Gasteiger partial charge in [-0.3, -0.25) is 5.10 Å². The van der Waals surface area contributed by atoms with E-state index >= 15 is 0 Å². The van der Waals surface area contributed by atoms with Crippen molar-refractivity contribution in [1.29, 1.82) is 0 Å². The number of benzene rings is 2. The van der Waals surface area contributed by atoms with Crippen molar-refractivity contribution in [2.45, 2.75) is 52.6 Å². The van der Waals surface area contributed by atoms with E-state index in [-0.39, 0.29) is 11.3 Å². The number of rotatable bonds is 7. The van der Waals surface area contributed by atoms with Crippen molar-refractivity contribution >= 4 is 18.4 Å². The van der Waals surface area contributed by atoms with E-state index in [1.54, 1.807) is 18.0 Å². The molecule has 7 heteroatoms. The summed E-state index contributed by atoms with van der Waals surface area (Å²) in [5.74, 6) is 2.32. The Balaban J connectivity index is 1.73. The third kappa shape index (κ3) is 5.61. The van der Waals surface area contributed by atoms with Crippen molar-refractivity contribution in [3.8, 4) is 11.5 Å². The van der Waals surface area contributed by atoms with E-state index in [1.807, 2.05) is 32.0 Å². The molecular weight excluding hydrogens is 408 g/mol. The molecule has 0 aliphatic heterocycles. The number of aromatic nitrogens is 3. The molecule has 3 rings (SSSR count). The van der Waals surface area contributed by atoms with E-state index in [4.69, 9.17) is 21.7 Å². The van der Waals surface area contributed by atoms with Gasteiger partial charge in [-0.2, -0.15) is 14.9 Å². The fraction of sp³-hybridized carbons (Fsp3) is 0.375. The summed E-state index contributed by atoms with van der Waals surface area (Å²) in [6.07, 6.45) is 1.73. The van der Waals surface area contributed by atoms with Crippen LogP contribution in [0.25, 0.3) is 0 Å². The lowest BCUT2D eigenvalue weighted by atomic mass is 9.87. The van der Waals surface area contributed by atoms with Crippen LogP contribution in [-0.2, 0) is 12.0 Å². The minimum atomic E-state index is 0.136. The van der Waals surface area contributed by atoms with Crippen molar-refractivity contribution in [3.63, 3.8) is 0 Å². The standard InChI is InChI=1S/C24H30N4O2S/c1-16(2)22-26-27-23(31)28(22)25-14-18-9-12-20(21(13-18)29-6)30-15-17-7-10-19(11-8-17)24(3,4)5/h7-14,16H,15H2,1-6H3,(H,27,31)/b25-14+. The van der Waals surface area contributed by atoms with Gasteiger partial charge in [-0.25, -0.2) is 0 Å². The van der Waals surface area contributed by atoms with E-state index < -0.39 is 0 Å². The number of methoxy groups -OCH3 is 1. The van der Waals surface area contributed by atoms with Gasteiger partial charge in [0.15, 0.2) is 17.3 Å². The van der Waals surface area contributed by atoms with Crippen LogP contribution in [-0.4, -0.2) is 28.2 Å². The normalized spacial score (nSPS) is 12.0. The van der Waals surface area contributed by atoms with Crippen molar-refractivity contribution < 1.29 is 9.47 Å². The molecule has 31 heavy (non-hydrogen) atoms. The smallest absolute Gasteiger partial charge is 0.216 e. The van der Waals surface area contributed by atoms with Crippen LogP contribution in [0.3, 0.4) is 0 Å².